The van der Waals surface area contributed by atoms with Gasteiger partial charge in [0, 0.05) is 5.69 Å². The lowest BCUT2D eigenvalue weighted by Gasteiger charge is -2.13. The monoisotopic (exact) mass is 332 g/mol. The van der Waals surface area contributed by atoms with E-state index in [0.29, 0.717) is 0 Å². The minimum atomic E-state index is 0.0926. The van der Waals surface area contributed by atoms with E-state index in [9.17, 15) is 0 Å². The van der Waals surface area contributed by atoms with Crippen LogP contribution in [0.5, 0.6) is 0 Å². The summed E-state index contributed by atoms with van der Waals surface area (Å²) in [5.41, 5.74) is 1.94. The Balaban J connectivity index is 1.72. The molecule has 0 amide bonds. The van der Waals surface area contributed by atoms with Gasteiger partial charge in [-0.15, -0.1) is 0 Å². The van der Waals surface area contributed by atoms with Gasteiger partial charge in [0.05, 0.1) is 24.1 Å². The first-order chi connectivity index (χ1) is 9.72. The van der Waals surface area contributed by atoms with E-state index in [2.05, 4.69) is 31.4 Å². The van der Waals surface area contributed by atoms with Gasteiger partial charge in [-0.05, 0) is 59.3 Å². The van der Waals surface area contributed by atoms with Gasteiger partial charge in [-0.3, -0.25) is 0 Å². The van der Waals surface area contributed by atoms with Crippen molar-refractivity contribution in [3.63, 3.8) is 0 Å². The second-order valence-corrected chi connectivity index (χ2v) is 5.15. The first kappa shape index (κ1) is 12.9. The molecule has 0 aliphatic rings. The van der Waals surface area contributed by atoms with Crippen molar-refractivity contribution in [3.05, 3.63) is 59.2 Å². The zero-order valence-electron chi connectivity index (χ0n) is 10.8. The van der Waals surface area contributed by atoms with Gasteiger partial charge in [0.15, 0.2) is 4.67 Å². The molecule has 3 rings (SSSR count). The van der Waals surface area contributed by atoms with Crippen LogP contribution in [0.4, 0.5) is 5.69 Å². The highest BCUT2D eigenvalue weighted by Crippen LogP contribution is 2.24. The van der Waals surface area contributed by atoms with Crippen molar-refractivity contribution in [2.75, 3.05) is 5.32 Å². The van der Waals surface area contributed by atoms with Gasteiger partial charge < -0.3 is 9.73 Å². The Morgan fingerprint density at radius 1 is 1.10 bits per heavy atom. The molecule has 0 saturated carbocycles. The average molecular weight is 333 g/mol. The van der Waals surface area contributed by atoms with E-state index < -0.39 is 0 Å². The maximum atomic E-state index is 5.53. The first-order valence-electron chi connectivity index (χ1n) is 6.21. The van der Waals surface area contributed by atoms with Crippen LogP contribution in [0.1, 0.15) is 18.7 Å². The van der Waals surface area contributed by atoms with Gasteiger partial charge in [0.1, 0.15) is 5.76 Å². The van der Waals surface area contributed by atoms with Crippen LogP contribution in [0.3, 0.4) is 0 Å². The van der Waals surface area contributed by atoms with Gasteiger partial charge >= 0.3 is 0 Å². The highest BCUT2D eigenvalue weighted by molar-refractivity contribution is 9.10. The third-order valence-corrected chi connectivity index (χ3v) is 3.35. The first-order valence-corrected chi connectivity index (χ1v) is 7.00. The lowest BCUT2D eigenvalue weighted by molar-refractivity contribution is 0.471. The van der Waals surface area contributed by atoms with Crippen molar-refractivity contribution in [3.8, 4) is 5.69 Å². The minimum absolute atomic E-state index is 0.0926. The number of aromatic nitrogens is 3. The van der Waals surface area contributed by atoms with Gasteiger partial charge in [-0.2, -0.15) is 15.0 Å². The topological polar surface area (TPSA) is 55.9 Å². The summed E-state index contributed by atoms with van der Waals surface area (Å²) in [4.78, 5) is 1.58. The van der Waals surface area contributed by atoms with Crippen LogP contribution in [0.2, 0.25) is 0 Å². The van der Waals surface area contributed by atoms with Crippen LogP contribution < -0.4 is 5.32 Å². The number of rotatable bonds is 4. The Kier molecular flexibility index (Phi) is 3.56. The zero-order valence-corrected chi connectivity index (χ0v) is 12.4. The molecule has 1 unspecified atom stereocenters. The standard InChI is InChI=1S/C14H13BrN4O/c1-10(13-6-7-14(15)20-13)18-11-2-4-12(5-3-11)19-16-8-9-17-19/h2-10,18H,1H3. The van der Waals surface area contributed by atoms with E-state index in [1.807, 2.05) is 43.3 Å². The molecule has 0 saturated heterocycles. The minimum Gasteiger partial charge on any atom is -0.452 e. The highest BCUT2D eigenvalue weighted by atomic mass is 79.9. The quantitative estimate of drug-likeness (QED) is 0.789. The number of hydrogen-bond acceptors (Lipinski definition) is 4. The van der Waals surface area contributed by atoms with Crippen molar-refractivity contribution in [2.45, 2.75) is 13.0 Å². The smallest absolute Gasteiger partial charge is 0.169 e. The predicted molar refractivity (Wildman–Crippen MR) is 79.8 cm³/mol. The molecular formula is C14H13BrN4O. The van der Waals surface area contributed by atoms with Gasteiger partial charge in [0.2, 0.25) is 0 Å². The molecule has 6 heteroatoms. The van der Waals surface area contributed by atoms with E-state index in [0.717, 1.165) is 21.8 Å². The number of anilines is 1. The molecule has 1 atom stereocenters. The van der Waals surface area contributed by atoms with E-state index in [1.165, 1.54) is 0 Å². The van der Waals surface area contributed by atoms with Crippen LogP contribution in [0, 0.1) is 0 Å². The Hall–Kier alpha value is -2.08. The van der Waals surface area contributed by atoms with Crippen molar-refractivity contribution in [1.82, 2.24) is 15.0 Å². The lowest BCUT2D eigenvalue weighted by atomic mass is 10.2. The summed E-state index contributed by atoms with van der Waals surface area (Å²) in [7, 11) is 0. The molecular weight excluding hydrogens is 320 g/mol. The molecule has 0 bridgehead atoms. The van der Waals surface area contributed by atoms with Crippen molar-refractivity contribution in [2.24, 2.45) is 0 Å². The summed E-state index contributed by atoms with van der Waals surface area (Å²) in [6, 6.07) is 11.8. The summed E-state index contributed by atoms with van der Waals surface area (Å²) in [6.07, 6.45) is 3.31. The number of benzene rings is 1. The number of nitrogens with one attached hydrogen (secondary N) is 1. The molecule has 0 radical (unpaired) electrons. The third-order valence-electron chi connectivity index (χ3n) is 2.92. The Morgan fingerprint density at radius 2 is 1.80 bits per heavy atom. The number of hydrogen-bond donors (Lipinski definition) is 1. The van der Waals surface area contributed by atoms with Crippen LogP contribution in [0.25, 0.3) is 5.69 Å². The van der Waals surface area contributed by atoms with E-state index in [1.54, 1.807) is 17.2 Å². The van der Waals surface area contributed by atoms with E-state index >= 15 is 0 Å². The molecule has 0 fully saturated rings. The number of furan rings is 1. The van der Waals surface area contributed by atoms with Crippen LogP contribution in [-0.4, -0.2) is 15.0 Å². The van der Waals surface area contributed by atoms with Gasteiger partial charge in [-0.1, -0.05) is 0 Å². The summed E-state index contributed by atoms with van der Waals surface area (Å²) in [6.45, 7) is 2.05. The molecule has 3 aromatic rings. The lowest BCUT2D eigenvalue weighted by Crippen LogP contribution is -2.06. The molecule has 1 aromatic carbocycles. The molecule has 2 aromatic heterocycles. The van der Waals surface area contributed by atoms with Crippen LogP contribution in [0.15, 0.2) is 57.9 Å². The molecule has 1 N–H and O–H groups in total. The van der Waals surface area contributed by atoms with Gasteiger partial charge in [-0.25, -0.2) is 0 Å². The SMILES string of the molecule is CC(Nc1ccc(-n2nccn2)cc1)c1ccc(Br)o1. The maximum absolute atomic E-state index is 5.53. The molecule has 0 spiro atoms. The highest BCUT2D eigenvalue weighted by Gasteiger charge is 2.09. The molecule has 5 nitrogen and oxygen atoms in total. The summed E-state index contributed by atoms with van der Waals surface area (Å²) in [5, 5.41) is 11.6. The largest absolute Gasteiger partial charge is 0.452 e. The summed E-state index contributed by atoms with van der Waals surface area (Å²) < 4.78 is 6.27. The van der Waals surface area contributed by atoms with Crippen LogP contribution in [-0.2, 0) is 0 Å². The molecule has 2 heterocycles. The Morgan fingerprint density at radius 3 is 2.40 bits per heavy atom. The fourth-order valence-electron chi connectivity index (χ4n) is 1.92. The molecule has 20 heavy (non-hydrogen) atoms. The maximum Gasteiger partial charge on any atom is 0.169 e. The number of nitrogens with zero attached hydrogens (tertiary/aromatic N) is 3. The van der Waals surface area contributed by atoms with Crippen molar-refractivity contribution in [1.29, 1.82) is 0 Å². The summed E-state index contributed by atoms with van der Waals surface area (Å²) >= 11 is 3.31. The summed E-state index contributed by atoms with van der Waals surface area (Å²) in [5.74, 6) is 0.884. The third kappa shape index (κ3) is 2.75. The van der Waals surface area contributed by atoms with Gasteiger partial charge in [0.25, 0.3) is 0 Å². The van der Waals surface area contributed by atoms with Crippen LogP contribution >= 0.6 is 15.9 Å². The number of halogens is 1. The Bertz CT molecular complexity index is 676. The van der Waals surface area contributed by atoms with Crippen molar-refractivity contribution >= 4 is 21.6 Å². The van der Waals surface area contributed by atoms with Crippen molar-refractivity contribution < 1.29 is 4.42 Å². The fourth-order valence-corrected chi connectivity index (χ4v) is 2.24. The predicted octanol–water partition coefficient (Wildman–Crippen LogP) is 3.80. The zero-order chi connectivity index (χ0) is 13.9. The molecule has 0 aliphatic heterocycles. The normalized spacial score (nSPS) is 12.3. The van der Waals surface area contributed by atoms with E-state index in [-0.39, 0.29) is 6.04 Å². The Labute approximate surface area is 124 Å². The average Bonchev–Trinajstić information content (AvgIpc) is 3.10. The molecule has 0 aliphatic carbocycles. The van der Waals surface area contributed by atoms with E-state index in [4.69, 9.17) is 4.42 Å². The second kappa shape index (κ2) is 5.50. The second-order valence-electron chi connectivity index (χ2n) is 4.37. The molecule has 102 valence electrons. The fraction of sp³-hybridized carbons (Fsp3) is 0.143.